The van der Waals surface area contributed by atoms with Crippen molar-refractivity contribution in [2.24, 2.45) is 5.92 Å². The molecule has 0 aromatic carbocycles. The third-order valence-corrected chi connectivity index (χ3v) is 5.68. The number of unbranched alkanes of at least 4 members (excludes halogenated alkanes) is 14. The molecule has 0 saturated heterocycles. The lowest BCUT2D eigenvalue weighted by Crippen LogP contribution is -2.34. The van der Waals surface area contributed by atoms with Crippen LogP contribution in [-0.4, -0.2) is 37.0 Å². The molecule has 0 heterocycles. The maximum absolute atomic E-state index is 11.8. The van der Waals surface area contributed by atoms with Crippen LogP contribution in [0.5, 0.6) is 0 Å². The van der Waals surface area contributed by atoms with Gasteiger partial charge in [-0.25, -0.2) is 0 Å². The van der Waals surface area contributed by atoms with Gasteiger partial charge in [-0.2, -0.15) is 0 Å². The highest BCUT2D eigenvalue weighted by atomic mass is 16.5. The average Bonchev–Trinajstić information content (AvgIpc) is 3.52. The predicted octanol–water partition coefficient (Wildman–Crippen LogP) is 6.27. The zero-order chi connectivity index (χ0) is 20.5. The van der Waals surface area contributed by atoms with Crippen molar-refractivity contribution < 1.29 is 14.3 Å². The number of carbonyl (C=O) groups excluding carboxylic acids is 2. The van der Waals surface area contributed by atoms with Crippen LogP contribution in [-0.2, 0) is 14.3 Å². The minimum Gasteiger partial charge on any atom is -0.464 e. The largest absolute Gasteiger partial charge is 0.464 e. The van der Waals surface area contributed by atoms with Crippen LogP contribution in [0.1, 0.15) is 116 Å². The monoisotopic (exact) mass is 395 g/mol. The molecule has 4 heteroatoms. The van der Waals surface area contributed by atoms with Gasteiger partial charge in [-0.05, 0) is 19.3 Å². The Hall–Kier alpha value is -1.06. The molecule has 0 atom stereocenters. The molecule has 164 valence electrons. The summed E-state index contributed by atoms with van der Waals surface area (Å²) >= 11 is 0. The van der Waals surface area contributed by atoms with Gasteiger partial charge in [0.15, 0.2) is 0 Å². The lowest BCUT2D eigenvalue weighted by molar-refractivity contribution is -0.149. The molecule has 28 heavy (non-hydrogen) atoms. The summed E-state index contributed by atoms with van der Waals surface area (Å²) in [4.78, 5) is 25.0. The van der Waals surface area contributed by atoms with E-state index in [-0.39, 0.29) is 24.3 Å². The number of amides is 1. The molecule has 4 nitrogen and oxygen atoms in total. The van der Waals surface area contributed by atoms with Gasteiger partial charge < -0.3 is 9.64 Å². The highest BCUT2D eigenvalue weighted by Gasteiger charge is 2.32. The van der Waals surface area contributed by atoms with Gasteiger partial charge >= 0.3 is 5.97 Å². The van der Waals surface area contributed by atoms with Crippen molar-refractivity contribution in [3.63, 3.8) is 0 Å². The lowest BCUT2D eigenvalue weighted by Gasteiger charge is -2.15. The number of carbonyl (C=O) groups is 2. The van der Waals surface area contributed by atoms with E-state index in [1.165, 1.54) is 88.4 Å². The van der Waals surface area contributed by atoms with Crippen molar-refractivity contribution in [3.8, 4) is 0 Å². The van der Waals surface area contributed by atoms with Crippen LogP contribution in [0, 0.1) is 5.92 Å². The second-order valence-electron chi connectivity index (χ2n) is 8.64. The van der Waals surface area contributed by atoms with Gasteiger partial charge in [0.25, 0.3) is 0 Å². The van der Waals surface area contributed by atoms with Crippen molar-refractivity contribution in [2.75, 3.05) is 20.2 Å². The number of hydrogen-bond acceptors (Lipinski definition) is 3. The van der Waals surface area contributed by atoms with E-state index in [1.54, 1.807) is 7.05 Å². The minimum atomic E-state index is -0.276. The van der Waals surface area contributed by atoms with Crippen molar-refractivity contribution in [2.45, 2.75) is 116 Å². The van der Waals surface area contributed by atoms with E-state index >= 15 is 0 Å². The van der Waals surface area contributed by atoms with E-state index in [0.29, 0.717) is 6.61 Å². The van der Waals surface area contributed by atoms with Crippen LogP contribution >= 0.6 is 0 Å². The second kappa shape index (κ2) is 16.9. The van der Waals surface area contributed by atoms with Gasteiger partial charge in [0.05, 0.1) is 6.61 Å². The number of ether oxygens (including phenoxy) is 1. The summed E-state index contributed by atoms with van der Waals surface area (Å²) in [6.07, 6.45) is 21.9. The Balaban J connectivity index is 1.75. The second-order valence-corrected chi connectivity index (χ2v) is 8.64. The molecular formula is C24H45NO3. The summed E-state index contributed by atoms with van der Waals surface area (Å²) in [5, 5.41) is 0. The van der Waals surface area contributed by atoms with Gasteiger partial charge in [-0.1, -0.05) is 96.8 Å². The molecule has 0 unspecified atom stereocenters. The van der Waals surface area contributed by atoms with E-state index in [9.17, 15) is 9.59 Å². The van der Waals surface area contributed by atoms with E-state index in [0.717, 1.165) is 25.7 Å². The van der Waals surface area contributed by atoms with Crippen molar-refractivity contribution in [1.82, 2.24) is 4.90 Å². The quantitative estimate of drug-likeness (QED) is 0.191. The first-order valence-electron chi connectivity index (χ1n) is 12.1. The molecule has 1 aliphatic rings. The first-order chi connectivity index (χ1) is 13.6. The fourth-order valence-corrected chi connectivity index (χ4v) is 3.62. The summed E-state index contributed by atoms with van der Waals surface area (Å²) in [5.41, 5.74) is 0. The van der Waals surface area contributed by atoms with Gasteiger partial charge in [-0.15, -0.1) is 0 Å². The van der Waals surface area contributed by atoms with E-state index in [1.807, 2.05) is 0 Å². The smallest absolute Gasteiger partial charge is 0.325 e. The molecule has 0 radical (unpaired) electrons. The molecule has 1 amide bonds. The summed E-state index contributed by atoms with van der Waals surface area (Å²) in [5.74, 6) is -0.0286. The van der Waals surface area contributed by atoms with E-state index in [2.05, 4.69) is 6.92 Å². The number of nitrogens with zero attached hydrogens (tertiary/aromatic N) is 1. The zero-order valence-electron chi connectivity index (χ0n) is 18.7. The van der Waals surface area contributed by atoms with Gasteiger partial charge in [-0.3, -0.25) is 9.59 Å². The van der Waals surface area contributed by atoms with Gasteiger partial charge in [0.1, 0.15) is 6.54 Å². The van der Waals surface area contributed by atoms with Crippen LogP contribution in [0.15, 0.2) is 0 Å². The minimum absolute atomic E-state index is 0.0870. The SMILES string of the molecule is CCCCCCCCCCCCCCCCCOC(=O)CN(C)C(=O)C1CC1. The third kappa shape index (κ3) is 14.0. The first kappa shape index (κ1) is 25.0. The molecule has 1 aliphatic carbocycles. The molecule has 1 rings (SSSR count). The van der Waals surface area contributed by atoms with Crippen LogP contribution in [0.2, 0.25) is 0 Å². The summed E-state index contributed by atoms with van der Waals surface area (Å²) in [7, 11) is 1.69. The highest BCUT2D eigenvalue weighted by molar-refractivity contribution is 5.84. The Bertz CT molecular complexity index is 407. The number of esters is 1. The van der Waals surface area contributed by atoms with E-state index in [4.69, 9.17) is 4.74 Å². The van der Waals surface area contributed by atoms with Crippen molar-refractivity contribution in [3.05, 3.63) is 0 Å². The van der Waals surface area contributed by atoms with Crippen LogP contribution in [0.3, 0.4) is 0 Å². The van der Waals surface area contributed by atoms with Crippen LogP contribution < -0.4 is 0 Å². The molecule has 0 aromatic heterocycles. The molecule has 0 spiro atoms. The molecule has 0 N–H and O–H groups in total. The van der Waals surface area contributed by atoms with Crippen molar-refractivity contribution >= 4 is 11.9 Å². The molecule has 1 fully saturated rings. The Morgan fingerprint density at radius 3 is 1.61 bits per heavy atom. The standard InChI is InChI=1S/C24H45NO3/c1-3-4-5-6-7-8-9-10-11-12-13-14-15-16-17-20-28-23(26)21-25(2)24(27)22-18-19-22/h22H,3-21H2,1-2H3. The van der Waals surface area contributed by atoms with Crippen LogP contribution in [0.4, 0.5) is 0 Å². The number of hydrogen-bond donors (Lipinski definition) is 0. The molecular weight excluding hydrogens is 350 g/mol. The first-order valence-corrected chi connectivity index (χ1v) is 12.1. The van der Waals surface area contributed by atoms with Crippen LogP contribution in [0.25, 0.3) is 0 Å². The number of likely N-dealkylation sites (N-methyl/N-ethyl adjacent to an activating group) is 1. The third-order valence-electron chi connectivity index (χ3n) is 5.68. The zero-order valence-corrected chi connectivity index (χ0v) is 18.7. The fourth-order valence-electron chi connectivity index (χ4n) is 3.62. The topological polar surface area (TPSA) is 46.6 Å². The maximum atomic E-state index is 11.8. The van der Waals surface area contributed by atoms with Gasteiger partial charge in [0, 0.05) is 13.0 Å². The molecule has 0 aromatic rings. The molecule has 1 saturated carbocycles. The molecule has 0 bridgehead atoms. The number of rotatable bonds is 19. The summed E-state index contributed by atoms with van der Waals surface area (Å²) in [6.45, 7) is 2.85. The maximum Gasteiger partial charge on any atom is 0.325 e. The Kier molecular flexibility index (Phi) is 15.0. The summed E-state index contributed by atoms with van der Waals surface area (Å²) < 4.78 is 5.24. The Morgan fingerprint density at radius 1 is 0.750 bits per heavy atom. The van der Waals surface area contributed by atoms with E-state index < -0.39 is 0 Å². The Morgan fingerprint density at radius 2 is 1.18 bits per heavy atom. The average molecular weight is 396 g/mol. The summed E-state index contributed by atoms with van der Waals surface area (Å²) in [6, 6.07) is 0. The lowest BCUT2D eigenvalue weighted by atomic mass is 10.0. The Labute approximate surface area is 173 Å². The normalized spacial score (nSPS) is 13.5. The predicted molar refractivity (Wildman–Crippen MR) is 116 cm³/mol. The van der Waals surface area contributed by atoms with Gasteiger partial charge in [0.2, 0.25) is 5.91 Å². The van der Waals surface area contributed by atoms with Crippen molar-refractivity contribution in [1.29, 1.82) is 0 Å². The molecule has 0 aliphatic heterocycles. The highest BCUT2D eigenvalue weighted by Crippen LogP contribution is 2.30. The fraction of sp³-hybridized carbons (Fsp3) is 0.917.